The molecular formula is C13H13NO2S. The maximum atomic E-state index is 11.0. The first-order chi connectivity index (χ1) is 8.11. The van der Waals surface area contributed by atoms with Gasteiger partial charge in [-0.1, -0.05) is 6.92 Å². The van der Waals surface area contributed by atoms with E-state index in [-0.39, 0.29) is 0 Å². The van der Waals surface area contributed by atoms with E-state index in [2.05, 4.69) is 4.98 Å². The summed E-state index contributed by atoms with van der Waals surface area (Å²) in [4.78, 5) is 17.7. The van der Waals surface area contributed by atoms with Crippen LogP contribution in [0.15, 0.2) is 24.3 Å². The van der Waals surface area contributed by atoms with Gasteiger partial charge in [0.25, 0.3) is 0 Å². The third-order valence-corrected chi connectivity index (χ3v) is 3.56. The SMILES string of the molecule is CCc1nc(-c2ccc(C)s2)ccc1C(=O)O. The summed E-state index contributed by atoms with van der Waals surface area (Å²) < 4.78 is 0. The van der Waals surface area contributed by atoms with E-state index in [1.165, 1.54) is 4.88 Å². The summed E-state index contributed by atoms with van der Waals surface area (Å²) in [6.45, 7) is 3.96. The van der Waals surface area contributed by atoms with Gasteiger partial charge in [-0.15, -0.1) is 11.3 Å². The first-order valence-corrected chi connectivity index (χ1v) is 6.23. The van der Waals surface area contributed by atoms with Crippen molar-refractivity contribution >= 4 is 17.3 Å². The van der Waals surface area contributed by atoms with Crippen molar-refractivity contribution in [1.82, 2.24) is 4.98 Å². The molecule has 0 radical (unpaired) electrons. The monoisotopic (exact) mass is 247 g/mol. The zero-order valence-electron chi connectivity index (χ0n) is 9.73. The molecule has 88 valence electrons. The molecule has 0 atom stereocenters. The molecule has 0 saturated carbocycles. The van der Waals surface area contributed by atoms with Gasteiger partial charge in [0.15, 0.2) is 0 Å². The number of aromatic nitrogens is 1. The Kier molecular flexibility index (Phi) is 3.24. The van der Waals surface area contributed by atoms with Crippen LogP contribution < -0.4 is 0 Å². The third-order valence-electron chi connectivity index (χ3n) is 2.53. The molecule has 0 unspecified atom stereocenters. The lowest BCUT2D eigenvalue weighted by Gasteiger charge is -2.04. The summed E-state index contributed by atoms with van der Waals surface area (Å²) in [5.41, 5.74) is 1.79. The van der Waals surface area contributed by atoms with Gasteiger partial charge in [-0.3, -0.25) is 4.98 Å². The van der Waals surface area contributed by atoms with Gasteiger partial charge in [0.1, 0.15) is 0 Å². The number of aryl methyl sites for hydroxylation is 2. The minimum atomic E-state index is -0.914. The van der Waals surface area contributed by atoms with Crippen LogP contribution in [0.1, 0.15) is 27.9 Å². The van der Waals surface area contributed by atoms with Crippen LogP contribution in [0, 0.1) is 6.92 Å². The van der Waals surface area contributed by atoms with E-state index in [9.17, 15) is 4.79 Å². The average Bonchev–Trinajstić information content (AvgIpc) is 2.75. The molecule has 3 nitrogen and oxygen atoms in total. The van der Waals surface area contributed by atoms with Crippen LogP contribution in [0.3, 0.4) is 0 Å². The van der Waals surface area contributed by atoms with Crippen molar-refractivity contribution in [3.63, 3.8) is 0 Å². The quantitative estimate of drug-likeness (QED) is 0.904. The van der Waals surface area contributed by atoms with Crippen LogP contribution in [0.25, 0.3) is 10.6 Å². The van der Waals surface area contributed by atoms with E-state index in [0.29, 0.717) is 17.7 Å². The average molecular weight is 247 g/mol. The molecule has 0 saturated heterocycles. The van der Waals surface area contributed by atoms with Crippen LogP contribution in [-0.4, -0.2) is 16.1 Å². The van der Waals surface area contributed by atoms with Crippen LogP contribution in [0.2, 0.25) is 0 Å². The minimum Gasteiger partial charge on any atom is -0.478 e. The summed E-state index contributed by atoms with van der Waals surface area (Å²) in [6, 6.07) is 7.47. The predicted octanol–water partition coefficient (Wildman–Crippen LogP) is 3.38. The van der Waals surface area contributed by atoms with E-state index in [0.717, 1.165) is 10.6 Å². The largest absolute Gasteiger partial charge is 0.478 e. The minimum absolute atomic E-state index is 0.296. The highest BCUT2D eigenvalue weighted by atomic mass is 32.1. The van der Waals surface area contributed by atoms with Gasteiger partial charge in [0.05, 0.1) is 21.8 Å². The molecule has 2 heterocycles. The lowest BCUT2D eigenvalue weighted by Crippen LogP contribution is -2.04. The molecule has 2 aromatic heterocycles. The number of carbonyl (C=O) groups is 1. The Hall–Kier alpha value is -1.68. The number of pyridine rings is 1. The van der Waals surface area contributed by atoms with Crippen LogP contribution in [-0.2, 0) is 6.42 Å². The van der Waals surface area contributed by atoms with E-state index in [1.807, 2.05) is 26.0 Å². The molecule has 1 N–H and O–H groups in total. The maximum absolute atomic E-state index is 11.0. The zero-order chi connectivity index (χ0) is 12.4. The molecule has 0 aliphatic rings. The number of carboxylic acid groups (broad SMARTS) is 1. The second kappa shape index (κ2) is 4.67. The van der Waals surface area contributed by atoms with Gasteiger partial charge in [0.2, 0.25) is 0 Å². The molecule has 0 amide bonds. The number of hydrogen-bond acceptors (Lipinski definition) is 3. The number of aromatic carboxylic acids is 1. The number of hydrogen-bond donors (Lipinski definition) is 1. The Morgan fingerprint density at radius 1 is 1.35 bits per heavy atom. The van der Waals surface area contributed by atoms with E-state index >= 15 is 0 Å². The Morgan fingerprint density at radius 2 is 2.12 bits per heavy atom. The van der Waals surface area contributed by atoms with Crippen molar-refractivity contribution in [1.29, 1.82) is 0 Å². The number of rotatable bonds is 3. The first-order valence-electron chi connectivity index (χ1n) is 5.42. The molecule has 0 spiro atoms. The smallest absolute Gasteiger partial charge is 0.337 e. The molecule has 0 aliphatic heterocycles. The molecule has 2 rings (SSSR count). The number of carboxylic acids is 1. The first kappa shape index (κ1) is 11.8. The van der Waals surface area contributed by atoms with E-state index < -0.39 is 5.97 Å². The van der Waals surface area contributed by atoms with Crippen molar-refractivity contribution in [2.75, 3.05) is 0 Å². The summed E-state index contributed by atoms with van der Waals surface area (Å²) >= 11 is 1.66. The topological polar surface area (TPSA) is 50.2 Å². The maximum Gasteiger partial charge on any atom is 0.337 e. The number of thiophene rings is 1. The van der Waals surface area contributed by atoms with Gasteiger partial charge < -0.3 is 5.11 Å². The van der Waals surface area contributed by atoms with Crippen molar-refractivity contribution in [3.8, 4) is 10.6 Å². The van der Waals surface area contributed by atoms with Crippen molar-refractivity contribution in [3.05, 3.63) is 40.4 Å². The Bertz CT molecular complexity index is 560. The van der Waals surface area contributed by atoms with Crippen LogP contribution >= 0.6 is 11.3 Å². The predicted molar refractivity (Wildman–Crippen MR) is 68.6 cm³/mol. The summed E-state index contributed by atoms with van der Waals surface area (Å²) in [5.74, 6) is -0.914. The normalized spacial score (nSPS) is 10.5. The number of nitrogens with zero attached hydrogens (tertiary/aromatic N) is 1. The Balaban J connectivity index is 2.48. The molecule has 4 heteroatoms. The second-order valence-corrected chi connectivity index (χ2v) is 5.05. The molecule has 0 aromatic carbocycles. The van der Waals surface area contributed by atoms with Crippen LogP contribution in [0.4, 0.5) is 0 Å². The Morgan fingerprint density at radius 3 is 2.65 bits per heavy atom. The van der Waals surface area contributed by atoms with Gasteiger partial charge in [-0.05, 0) is 37.6 Å². The highest BCUT2D eigenvalue weighted by Crippen LogP contribution is 2.27. The molecule has 2 aromatic rings. The zero-order valence-corrected chi connectivity index (χ0v) is 10.5. The third kappa shape index (κ3) is 2.36. The highest BCUT2D eigenvalue weighted by molar-refractivity contribution is 7.15. The van der Waals surface area contributed by atoms with E-state index in [1.54, 1.807) is 23.5 Å². The van der Waals surface area contributed by atoms with Gasteiger partial charge >= 0.3 is 5.97 Å². The summed E-state index contributed by atoms with van der Waals surface area (Å²) in [6.07, 6.45) is 0.625. The van der Waals surface area contributed by atoms with Crippen molar-refractivity contribution in [2.24, 2.45) is 0 Å². The van der Waals surface area contributed by atoms with E-state index in [4.69, 9.17) is 5.11 Å². The fourth-order valence-corrected chi connectivity index (χ4v) is 2.51. The lowest BCUT2D eigenvalue weighted by atomic mass is 10.1. The van der Waals surface area contributed by atoms with Crippen molar-refractivity contribution in [2.45, 2.75) is 20.3 Å². The van der Waals surface area contributed by atoms with Crippen molar-refractivity contribution < 1.29 is 9.90 Å². The molecule has 0 aliphatic carbocycles. The highest BCUT2D eigenvalue weighted by Gasteiger charge is 2.12. The fraction of sp³-hybridized carbons (Fsp3) is 0.231. The van der Waals surface area contributed by atoms with Crippen LogP contribution in [0.5, 0.6) is 0 Å². The molecule has 0 bridgehead atoms. The molecule has 0 fully saturated rings. The van der Waals surface area contributed by atoms with Gasteiger partial charge in [0, 0.05) is 4.88 Å². The summed E-state index contributed by atoms with van der Waals surface area (Å²) in [5, 5.41) is 9.02. The van der Waals surface area contributed by atoms with Gasteiger partial charge in [-0.25, -0.2) is 4.79 Å². The summed E-state index contributed by atoms with van der Waals surface area (Å²) in [7, 11) is 0. The Labute approximate surface area is 104 Å². The standard InChI is InChI=1S/C13H13NO2S/c1-3-10-9(13(15)16)5-6-11(14-10)12-7-4-8(2)17-12/h4-7H,3H2,1-2H3,(H,15,16). The second-order valence-electron chi connectivity index (χ2n) is 3.76. The fourth-order valence-electron chi connectivity index (χ4n) is 1.68. The molecule has 17 heavy (non-hydrogen) atoms. The van der Waals surface area contributed by atoms with Gasteiger partial charge in [-0.2, -0.15) is 0 Å². The molecular weight excluding hydrogens is 234 g/mol. The lowest BCUT2D eigenvalue weighted by molar-refractivity contribution is 0.0695.